The van der Waals surface area contributed by atoms with Crippen LogP contribution in [0.5, 0.6) is 0 Å². The van der Waals surface area contributed by atoms with Crippen molar-refractivity contribution in [1.29, 1.82) is 0 Å². The number of ether oxygens (including phenoxy) is 1. The Hall–Kier alpha value is -0.940. The van der Waals surface area contributed by atoms with E-state index < -0.39 is 0 Å². The summed E-state index contributed by atoms with van der Waals surface area (Å²) in [7, 11) is 0. The summed E-state index contributed by atoms with van der Waals surface area (Å²) in [5.74, 6) is 1.61. The van der Waals surface area contributed by atoms with E-state index in [4.69, 9.17) is 9.26 Å². The van der Waals surface area contributed by atoms with E-state index in [1.807, 2.05) is 6.92 Å². The zero-order valence-corrected chi connectivity index (χ0v) is 12.1. The fraction of sp³-hybridized carbons (Fsp3) is 0.857. The lowest BCUT2D eigenvalue weighted by Crippen LogP contribution is -2.40. The fourth-order valence-corrected chi connectivity index (χ4v) is 2.83. The molecule has 19 heavy (non-hydrogen) atoms. The van der Waals surface area contributed by atoms with Crippen molar-refractivity contribution in [3.8, 4) is 0 Å². The Kier molecular flexibility index (Phi) is 5.34. The van der Waals surface area contributed by atoms with Gasteiger partial charge in [0.05, 0.1) is 12.0 Å². The van der Waals surface area contributed by atoms with Gasteiger partial charge in [-0.2, -0.15) is 4.98 Å². The Balaban J connectivity index is 2.04. The highest BCUT2D eigenvalue weighted by Gasteiger charge is 2.38. The molecule has 0 atom stereocenters. The minimum absolute atomic E-state index is 0.0941. The molecule has 0 aliphatic carbocycles. The number of rotatable bonds is 7. The number of aromatic nitrogens is 2. The molecule has 1 aliphatic heterocycles. The van der Waals surface area contributed by atoms with Crippen LogP contribution in [0.25, 0.3) is 0 Å². The number of hydrogen-bond donors (Lipinski definition) is 1. The molecule has 0 amide bonds. The van der Waals surface area contributed by atoms with Crippen molar-refractivity contribution >= 4 is 0 Å². The van der Waals surface area contributed by atoms with Gasteiger partial charge >= 0.3 is 0 Å². The Morgan fingerprint density at radius 1 is 1.32 bits per heavy atom. The van der Waals surface area contributed by atoms with E-state index in [0.29, 0.717) is 6.61 Å². The van der Waals surface area contributed by atoms with E-state index in [9.17, 15) is 0 Å². The molecule has 0 saturated carbocycles. The van der Waals surface area contributed by atoms with Crippen LogP contribution in [0.3, 0.4) is 0 Å². The molecule has 1 fully saturated rings. The molecule has 1 aromatic heterocycles. The molecule has 1 saturated heterocycles. The summed E-state index contributed by atoms with van der Waals surface area (Å²) in [5.41, 5.74) is 0.0941. The van der Waals surface area contributed by atoms with Crippen molar-refractivity contribution in [2.24, 2.45) is 0 Å². The van der Waals surface area contributed by atoms with Crippen LogP contribution in [0.4, 0.5) is 0 Å². The molecule has 0 unspecified atom stereocenters. The Bertz CT molecular complexity index is 367. The predicted octanol–water partition coefficient (Wildman–Crippen LogP) is 2.07. The summed E-state index contributed by atoms with van der Waals surface area (Å²) in [6.07, 6.45) is 5.19. The van der Waals surface area contributed by atoms with Crippen molar-refractivity contribution in [3.05, 3.63) is 11.7 Å². The zero-order valence-electron chi connectivity index (χ0n) is 12.1. The highest BCUT2D eigenvalue weighted by atomic mass is 16.5. The van der Waals surface area contributed by atoms with Crippen molar-refractivity contribution in [1.82, 2.24) is 15.5 Å². The van der Waals surface area contributed by atoms with Crippen LogP contribution in [0, 0.1) is 0 Å². The third-order valence-corrected chi connectivity index (χ3v) is 3.89. The molecule has 5 heteroatoms. The quantitative estimate of drug-likeness (QED) is 0.766. The summed E-state index contributed by atoms with van der Waals surface area (Å²) in [6.45, 7) is 7.68. The van der Waals surface area contributed by atoms with E-state index in [1.54, 1.807) is 0 Å². The van der Waals surface area contributed by atoms with Gasteiger partial charge in [-0.15, -0.1) is 0 Å². The topological polar surface area (TPSA) is 60.2 Å². The van der Waals surface area contributed by atoms with E-state index in [1.165, 1.54) is 0 Å². The highest BCUT2D eigenvalue weighted by molar-refractivity contribution is 5.07. The van der Waals surface area contributed by atoms with E-state index in [0.717, 1.165) is 63.5 Å². The van der Waals surface area contributed by atoms with Crippen LogP contribution < -0.4 is 5.32 Å². The molecule has 5 nitrogen and oxygen atoms in total. The van der Waals surface area contributed by atoms with Gasteiger partial charge in [0.25, 0.3) is 0 Å². The highest BCUT2D eigenvalue weighted by Crippen LogP contribution is 2.36. The Morgan fingerprint density at radius 3 is 2.79 bits per heavy atom. The van der Waals surface area contributed by atoms with Gasteiger partial charge in [0.15, 0.2) is 5.82 Å². The first kappa shape index (κ1) is 14.5. The Labute approximate surface area is 115 Å². The standard InChI is InChI=1S/C14H25N3O2/c1-3-6-14(7-9-15-10-8-14)13-16-12(17-19-13)5-11-18-4-2/h15H,3-11H2,1-2H3. The van der Waals surface area contributed by atoms with Crippen molar-refractivity contribution in [2.75, 3.05) is 26.3 Å². The molecule has 1 aromatic rings. The number of nitrogens with one attached hydrogen (secondary N) is 1. The van der Waals surface area contributed by atoms with Crippen LogP contribution >= 0.6 is 0 Å². The summed E-state index contributed by atoms with van der Waals surface area (Å²) in [4.78, 5) is 4.61. The maximum Gasteiger partial charge on any atom is 0.232 e. The SMILES string of the molecule is CCCC1(c2nc(CCOCC)no2)CCNCC1. The van der Waals surface area contributed by atoms with Gasteiger partial charge in [-0.05, 0) is 39.3 Å². The molecule has 0 spiro atoms. The second-order valence-corrected chi connectivity index (χ2v) is 5.24. The lowest BCUT2D eigenvalue weighted by Gasteiger charge is -2.34. The first-order valence-electron chi connectivity index (χ1n) is 7.42. The largest absolute Gasteiger partial charge is 0.381 e. The molecule has 0 aromatic carbocycles. The average molecular weight is 267 g/mol. The number of piperidine rings is 1. The van der Waals surface area contributed by atoms with Gasteiger partial charge in [-0.25, -0.2) is 0 Å². The normalized spacial score (nSPS) is 18.6. The second kappa shape index (κ2) is 7.01. The molecule has 0 radical (unpaired) electrons. The van der Waals surface area contributed by atoms with Gasteiger partial charge in [0.1, 0.15) is 0 Å². The van der Waals surface area contributed by atoms with Gasteiger partial charge in [0, 0.05) is 13.0 Å². The van der Waals surface area contributed by atoms with Crippen LogP contribution in [-0.2, 0) is 16.6 Å². The van der Waals surface area contributed by atoms with Crippen LogP contribution in [0.1, 0.15) is 51.2 Å². The van der Waals surface area contributed by atoms with Crippen LogP contribution in [-0.4, -0.2) is 36.4 Å². The third-order valence-electron chi connectivity index (χ3n) is 3.89. The van der Waals surface area contributed by atoms with Crippen LogP contribution in [0.15, 0.2) is 4.52 Å². The third kappa shape index (κ3) is 3.54. The summed E-state index contributed by atoms with van der Waals surface area (Å²) >= 11 is 0. The smallest absolute Gasteiger partial charge is 0.232 e. The second-order valence-electron chi connectivity index (χ2n) is 5.24. The maximum absolute atomic E-state index is 5.55. The van der Waals surface area contributed by atoms with Gasteiger partial charge in [-0.1, -0.05) is 18.5 Å². The first-order valence-corrected chi connectivity index (χ1v) is 7.42. The molecule has 2 heterocycles. The average Bonchev–Trinajstić information content (AvgIpc) is 2.90. The van der Waals surface area contributed by atoms with Gasteiger partial charge < -0.3 is 14.6 Å². The molecule has 1 aliphatic rings. The molecule has 1 N–H and O–H groups in total. The minimum Gasteiger partial charge on any atom is -0.381 e. The molecular formula is C14H25N3O2. The van der Waals surface area contributed by atoms with Crippen LogP contribution in [0.2, 0.25) is 0 Å². The summed E-state index contributed by atoms with van der Waals surface area (Å²) in [5, 5.41) is 7.51. The van der Waals surface area contributed by atoms with Crippen molar-refractivity contribution < 1.29 is 9.26 Å². The maximum atomic E-state index is 5.55. The monoisotopic (exact) mass is 267 g/mol. The lowest BCUT2D eigenvalue weighted by atomic mass is 9.75. The molecule has 108 valence electrons. The first-order chi connectivity index (χ1) is 9.30. The van der Waals surface area contributed by atoms with E-state index in [2.05, 4.69) is 22.4 Å². The molecule has 2 rings (SSSR count). The lowest BCUT2D eigenvalue weighted by molar-refractivity contribution is 0.149. The Morgan fingerprint density at radius 2 is 2.11 bits per heavy atom. The van der Waals surface area contributed by atoms with Gasteiger partial charge in [-0.3, -0.25) is 0 Å². The van der Waals surface area contributed by atoms with Crippen molar-refractivity contribution in [2.45, 2.75) is 51.4 Å². The summed E-state index contributed by atoms with van der Waals surface area (Å²) in [6, 6.07) is 0. The molecular weight excluding hydrogens is 242 g/mol. The summed E-state index contributed by atoms with van der Waals surface area (Å²) < 4.78 is 10.9. The van der Waals surface area contributed by atoms with E-state index in [-0.39, 0.29) is 5.41 Å². The zero-order chi connectivity index (χ0) is 13.6. The predicted molar refractivity (Wildman–Crippen MR) is 73.2 cm³/mol. The minimum atomic E-state index is 0.0941. The van der Waals surface area contributed by atoms with E-state index >= 15 is 0 Å². The fourth-order valence-electron chi connectivity index (χ4n) is 2.83. The van der Waals surface area contributed by atoms with Crippen molar-refractivity contribution in [3.63, 3.8) is 0 Å². The van der Waals surface area contributed by atoms with Gasteiger partial charge in [0.2, 0.25) is 5.89 Å². The number of hydrogen-bond acceptors (Lipinski definition) is 5. The molecule has 0 bridgehead atoms. The number of nitrogens with zero attached hydrogens (tertiary/aromatic N) is 2.